The minimum Gasteiger partial charge on any atom is -0.496 e. The van der Waals surface area contributed by atoms with Gasteiger partial charge in [-0.3, -0.25) is 14.9 Å². The molecule has 0 saturated heterocycles. The standard InChI is InChI=1S/C21H23N3O3S/c1-22-19(25)13-9-15-7-11-17(12-8-15)23-21(28)24-20(26)14-10-16-5-3-4-6-18(16)27-2/h3-8,10-12,14H,9,13H2,1-2H3,(H,22,25)(H2,23,24,26,28)/b14-10+. The Morgan fingerprint density at radius 3 is 2.50 bits per heavy atom. The monoisotopic (exact) mass is 397 g/mol. The van der Waals surface area contributed by atoms with Crippen LogP contribution in [0.25, 0.3) is 6.08 Å². The van der Waals surface area contributed by atoms with Crippen molar-refractivity contribution in [3.63, 3.8) is 0 Å². The molecule has 28 heavy (non-hydrogen) atoms. The summed E-state index contributed by atoms with van der Waals surface area (Å²) in [5, 5.41) is 8.36. The minimum absolute atomic E-state index is 0.00673. The Labute approximate surface area is 170 Å². The number of hydrogen-bond donors (Lipinski definition) is 3. The SMILES string of the molecule is CNC(=O)CCc1ccc(NC(=S)NC(=O)/C=C/c2ccccc2OC)cc1. The molecular formula is C21H23N3O3S. The summed E-state index contributed by atoms with van der Waals surface area (Å²) in [4.78, 5) is 23.3. The van der Waals surface area contributed by atoms with E-state index in [-0.39, 0.29) is 16.9 Å². The third-order valence-electron chi connectivity index (χ3n) is 3.92. The molecule has 146 valence electrons. The van der Waals surface area contributed by atoms with E-state index in [2.05, 4.69) is 16.0 Å². The number of nitrogens with one attached hydrogen (secondary N) is 3. The molecule has 0 spiro atoms. The first kappa shape index (κ1) is 21.1. The third-order valence-corrected chi connectivity index (χ3v) is 4.13. The van der Waals surface area contributed by atoms with Crippen LogP contribution in [0.2, 0.25) is 0 Å². The van der Waals surface area contributed by atoms with Crippen LogP contribution in [-0.2, 0) is 16.0 Å². The molecule has 6 nitrogen and oxygen atoms in total. The van der Waals surface area contributed by atoms with E-state index in [1.165, 1.54) is 6.08 Å². The highest BCUT2D eigenvalue weighted by Gasteiger charge is 2.04. The number of carbonyl (C=O) groups is 2. The maximum atomic E-state index is 12.0. The molecule has 0 heterocycles. The number of hydrogen-bond acceptors (Lipinski definition) is 4. The van der Waals surface area contributed by atoms with Gasteiger partial charge in [-0.05, 0) is 48.5 Å². The van der Waals surface area contributed by atoms with E-state index in [9.17, 15) is 9.59 Å². The second-order valence-corrected chi connectivity index (χ2v) is 6.30. The van der Waals surface area contributed by atoms with Gasteiger partial charge in [-0.1, -0.05) is 30.3 Å². The highest BCUT2D eigenvalue weighted by molar-refractivity contribution is 7.80. The third kappa shape index (κ3) is 6.85. The summed E-state index contributed by atoms with van der Waals surface area (Å²) < 4.78 is 5.24. The Balaban J connectivity index is 1.85. The number of benzene rings is 2. The average molecular weight is 398 g/mol. The average Bonchev–Trinajstić information content (AvgIpc) is 2.71. The fraction of sp³-hybridized carbons (Fsp3) is 0.190. The molecule has 2 aromatic rings. The Morgan fingerprint density at radius 2 is 1.82 bits per heavy atom. The van der Waals surface area contributed by atoms with Gasteiger partial charge in [-0.25, -0.2) is 0 Å². The first-order valence-electron chi connectivity index (χ1n) is 8.74. The van der Waals surface area contributed by atoms with E-state index in [0.717, 1.165) is 16.8 Å². The van der Waals surface area contributed by atoms with Crippen LogP contribution >= 0.6 is 12.2 Å². The lowest BCUT2D eigenvalue weighted by molar-refractivity contribution is -0.120. The van der Waals surface area contributed by atoms with Crippen LogP contribution in [0.1, 0.15) is 17.5 Å². The van der Waals surface area contributed by atoms with Gasteiger partial charge < -0.3 is 15.4 Å². The van der Waals surface area contributed by atoms with E-state index in [0.29, 0.717) is 18.6 Å². The second-order valence-electron chi connectivity index (χ2n) is 5.89. The van der Waals surface area contributed by atoms with E-state index >= 15 is 0 Å². The fourth-order valence-corrected chi connectivity index (χ4v) is 2.64. The van der Waals surface area contributed by atoms with Crippen LogP contribution in [0.5, 0.6) is 5.75 Å². The van der Waals surface area contributed by atoms with Crippen molar-refractivity contribution in [2.45, 2.75) is 12.8 Å². The molecule has 7 heteroatoms. The molecular weight excluding hydrogens is 374 g/mol. The molecule has 2 rings (SSSR count). The van der Waals surface area contributed by atoms with Crippen molar-refractivity contribution in [1.29, 1.82) is 0 Å². The number of thiocarbonyl (C=S) groups is 1. The topological polar surface area (TPSA) is 79.5 Å². The van der Waals surface area contributed by atoms with Gasteiger partial charge in [0.05, 0.1) is 7.11 Å². The summed E-state index contributed by atoms with van der Waals surface area (Å²) in [6.45, 7) is 0. The summed E-state index contributed by atoms with van der Waals surface area (Å²) in [5.41, 5.74) is 2.60. The Bertz CT molecular complexity index is 863. The van der Waals surface area contributed by atoms with Gasteiger partial charge in [0.25, 0.3) is 0 Å². The number of para-hydroxylation sites is 1. The normalized spacial score (nSPS) is 10.4. The highest BCUT2D eigenvalue weighted by atomic mass is 32.1. The van der Waals surface area contributed by atoms with Crippen molar-refractivity contribution in [3.8, 4) is 5.75 Å². The minimum atomic E-state index is -0.342. The van der Waals surface area contributed by atoms with Crippen molar-refractivity contribution in [1.82, 2.24) is 10.6 Å². The van der Waals surface area contributed by atoms with Crippen LogP contribution < -0.4 is 20.7 Å². The highest BCUT2D eigenvalue weighted by Crippen LogP contribution is 2.18. The van der Waals surface area contributed by atoms with Crippen LogP contribution in [0.3, 0.4) is 0 Å². The van der Waals surface area contributed by atoms with Crippen molar-refractivity contribution in [2.75, 3.05) is 19.5 Å². The van der Waals surface area contributed by atoms with Crippen molar-refractivity contribution < 1.29 is 14.3 Å². The zero-order valence-corrected chi connectivity index (χ0v) is 16.6. The molecule has 2 aromatic carbocycles. The number of methoxy groups -OCH3 is 1. The van der Waals surface area contributed by atoms with Crippen molar-refractivity contribution in [3.05, 3.63) is 65.7 Å². The van der Waals surface area contributed by atoms with Gasteiger partial charge >= 0.3 is 0 Å². The van der Waals surface area contributed by atoms with Crippen LogP contribution in [0.15, 0.2) is 54.6 Å². The van der Waals surface area contributed by atoms with Gasteiger partial charge in [0.2, 0.25) is 11.8 Å². The number of aryl methyl sites for hydroxylation is 1. The number of anilines is 1. The molecule has 0 saturated carbocycles. The number of amides is 2. The van der Waals surface area contributed by atoms with Gasteiger partial charge in [-0.2, -0.15) is 0 Å². The molecule has 3 N–H and O–H groups in total. The van der Waals surface area contributed by atoms with E-state index in [1.54, 1.807) is 20.2 Å². The summed E-state index contributed by atoms with van der Waals surface area (Å²) in [5.74, 6) is 0.349. The zero-order chi connectivity index (χ0) is 20.4. The smallest absolute Gasteiger partial charge is 0.250 e. The zero-order valence-electron chi connectivity index (χ0n) is 15.8. The lowest BCUT2D eigenvalue weighted by Crippen LogP contribution is -2.32. The number of ether oxygens (including phenoxy) is 1. The predicted molar refractivity (Wildman–Crippen MR) is 115 cm³/mol. The van der Waals surface area contributed by atoms with Crippen LogP contribution in [0.4, 0.5) is 5.69 Å². The van der Waals surface area contributed by atoms with Gasteiger partial charge in [0.15, 0.2) is 5.11 Å². The van der Waals surface area contributed by atoms with Gasteiger partial charge in [-0.15, -0.1) is 0 Å². The van der Waals surface area contributed by atoms with Crippen molar-refractivity contribution >= 4 is 40.9 Å². The quantitative estimate of drug-likeness (QED) is 0.495. The molecule has 0 aliphatic heterocycles. The van der Waals surface area contributed by atoms with Crippen LogP contribution in [0, 0.1) is 0 Å². The molecule has 0 atom stereocenters. The maximum Gasteiger partial charge on any atom is 0.250 e. The molecule has 2 amide bonds. The largest absolute Gasteiger partial charge is 0.496 e. The Kier molecular flexibility index (Phi) is 8.17. The first-order valence-corrected chi connectivity index (χ1v) is 9.15. The lowest BCUT2D eigenvalue weighted by atomic mass is 10.1. The number of rotatable bonds is 7. The summed E-state index contributed by atoms with van der Waals surface area (Å²) in [7, 11) is 3.20. The fourth-order valence-electron chi connectivity index (χ4n) is 2.42. The molecule has 0 bridgehead atoms. The molecule has 0 radical (unpaired) electrons. The molecule has 0 aromatic heterocycles. The lowest BCUT2D eigenvalue weighted by Gasteiger charge is -2.09. The van der Waals surface area contributed by atoms with E-state index in [4.69, 9.17) is 17.0 Å². The van der Waals surface area contributed by atoms with E-state index in [1.807, 2.05) is 48.5 Å². The van der Waals surface area contributed by atoms with Crippen LogP contribution in [-0.4, -0.2) is 31.1 Å². The predicted octanol–water partition coefficient (Wildman–Crippen LogP) is 2.90. The van der Waals surface area contributed by atoms with Crippen molar-refractivity contribution in [2.24, 2.45) is 0 Å². The number of carbonyl (C=O) groups excluding carboxylic acids is 2. The molecule has 0 unspecified atom stereocenters. The Hall–Kier alpha value is -3.19. The summed E-state index contributed by atoms with van der Waals surface area (Å²) >= 11 is 5.17. The van der Waals surface area contributed by atoms with Gasteiger partial charge in [0, 0.05) is 30.8 Å². The van der Waals surface area contributed by atoms with Gasteiger partial charge in [0.1, 0.15) is 5.75 Å². The summed E-state index contributed by atoms with van der Waals surface area (Å²) in [6, 6.07) is 14.9. The molecule has 0 aliphatic rings. The maximum absolute atomic E-state index is 12.0. The first-order chi connectivity index (χ1) is 13.5. The Morgan fingerprint density at radius 1 is 1.11 bits per heavy atom. The second kappa shape index (κ2) is 10.8. The molecule has 0 fully saturated rings. The van der Waals surface area contributed by atoms with E-state index < -0.39 is 0 Å². The summed E-state index contributed by atoms with van der Waals surface area (Å²) in [6.07, 6.45) is 4.16. The molecule has 0 aliphatic carbocycles.